The molecule has 0 saturated heterocycles. The summed E-state index contributed by atoms with van der Waals surface area (Å²) in [6, 6.07) is 8.25. The first-order valence-electron chi connectivity index (χ1n) is 8.76. The van der Waals surface area contributed by atoms with Crippen LogP contribution in [0.15, 0.2) is 39.5 Å². The first-order valence-corrected chi connectivity index (χ1v) is 11.1. The predicted molar refractivity (Wildman–Crippen MR) is 110 cm³/mol. The molecule has 1 aromatic carbocycles. The van der Waals surface area contributed by atoms with Crippen LogP contribution in [0.2, 0.25) is 0 Å². The Morgan fingerprint density at radius 1 is 1.17 bits per heavy atom. The maximum absolute atomic E-state index is 12.6. The van der Waals surface area contributed by atoms with Crippen LogP contribution in [0.1, 0.15) is 16.0 Å². The molecular formula is C18H24F2N4O3S2. The van der Waals surface area contributed by atoms with Crippen LogP contribution >= 0.6 is 11.3 Å². The van der Waals surface area contributed by atoms with Gasteiger partial charge < -0.3 is 15.4 Å². The molecule has 7 nitrogen and oxygen atoms in total. The molecule has 1 heterocycles. The van der Waals surface area contributed by atoms with Gasteiger partial charge in [0.05, 0.1) is 0 Å². The van der Waals surface area contributed by atoms with Gasteiger partial charge in [0, 0.05) is 37.1 Å². The number of nitrogens with one attached hydrogen (secondary N) is 3. The predicted octanol–water partition coefficient (Wildman–Crippen LogP) is 2.61. The van der Waals surface area contributed by atoms with E-state index in [2.05, 4.69) is 25.1 Å². The number of hydrogen-bond donors (Lipinski definition) is 3. The second-order valence-corrected chi connectivity index (χ2v) is 9.39. The van der Waals surface area contributed by atoms with E-state index in [-0.39, 0.29) is 29.6 Å². The van der Waals surface area contributed by atoms with Gasteiger partial charge in [-0.25, -0.2) is 13.1 Å². The Balaban J connectivity index is 1.85. The number of guanidine groups is 1. The van der Waals surface area contributed by atoms with Crippen molar-refractivity contribution < 1.29 is 21.9 Å². The van der Waals surface area contributed by atoms with Gasteiger partial charge in [-0.1, -0.05) is 17.7 Å². The van der Waals surface area contributed by atoms with Gasteiger partial charge in [0.2, 0.25) is 10.0 Å². The number of rotatable bonds is 9. The summed E-state index contributed by atoms with van der Waals surface area (Å²) in [7, 11) is -1.98. The Bertz CT molecular complexity index is 946. The van der Waals surface area contributed by atoms with E-state index in [1.165, 1.54) is 17.4 Å². The average Bonchev–Trinajstić information content (AvgIpc) is 3.10. The van der Waals surface area contributed by atoms with E-state index in [0.29, 0.717) is 11.5 Å². The molecule has 3 N–H and O–H groups in total. The third kappa shape index (κ3) is 7.26. The first kappa shape index (κ1) is 23.0. The number of ether oxygens (including phenoxy) is 1. The van der Waals surface area contributed by atoms with Crippen molar-refractivity contribution in [3.63, 3.8) is 0 Å². The highest BCUT2D eigenvalue weighted by Crippen LogP contribution is 2.22. The number of aliphatic imine (C=N–C) groups is 1. The number of alkyl halides is 2. The molecule has 0 spiro atoms. The molecule has 0 atom stereocenters. The summed E-state index contributed by atoms with van der Waals surface area (Å²) < 4.78 is 56.8. The topological polar surface area (TPSA) is 91.8 Å². The molecule has 2 aromatic rings. The number of benzene rings is 1. The fourth-order valence-corrected chi connectivity index (χ4v) is 4.81. The molecule has 0 bridgehead atoms. The molecule has 0 fully saturated rings. The summed E-state index contributed by atoms with van der Waals surface area (Å²) in [5.74, 6) is 0.494. The number of thiophene rings is 1. The zero-order valence-electron chi connectivity index (χ0n) is 16.3. The van der Waals surface area contributed by atoms with Gasteiger partial charge >= 0.3 is 6.61 Å². The lowest BCUT2D eigenvalue weighted by Crippen LogP contribution is -2.41. The van der Waals surface area contributed by atoms with Crippen molar-refractivity contribution in [2.75, 3.05) is 20.1 Å². The van der Waals surface area contributed by atoms with Crippen molar-refractivity contribution in [1.29, 1.82) is 0 Å². The zero-order valence-corrected chi connectivity index (χ0v) is 18.0. The monoisotopic (exact) mass is 446 g/mol. The van der Waals surface area contributed by atoms with Crippen LogP contribution in [0, 0.1) is 13.8 Å². The minimum atomic E-state index is -3.54. The molecule has 0 radical (unpaired) electrons. The lowest BCUT2D eigenvalue weighted by atomic mass is 10.1. The zero-order chi connectivity index (χ0) is 21.4. The number of aryl methyl sites for hydroxylation is 2. The van der Waals surface area contributed by atoms with Crippen LogP contribution in [0.5, 0.6) is 5.75 Å². The van der Waals surface area contributed by atoms with E-state index < -0.39 is 16.6 Å². The van der Waals surface area contributed by atoms with Crippen molar-refractivity contribution in [3.05, 3.63) is 46.3 Å². The number of nitrogens with zero attached hydrogens (tertiary/aromatic N) is 1. The van der Waals surface area contributed by atoms with Gasteiger partial charge in [-0.15, -0.1) is 11.3 Å². The van der Waals surface area contributed by atoms with Crippen LogP contribution in [0.25, 0.3) is 0 Å². The minimum Gasteiger partial charge on any atom is -0.434 e. The van der Waals surface area contributed by atoms with E-state index in [1.807, 2.05) is 13.8 Å². The van der Waals surface area contributed by atoms with Crippen molar-refractivity contribution in [2.45, 2.75) is 31.2 Å². The SMILES string of the molecule is CN=C(NCCNS(=O)(=O)c1ccc(C)s1)NCc1cc(C)ccc1OC(F)F. The van der Waals surface area contributed by atoms with Gasteiger partial charge in [-0.3, -0.25) is 4.99 Å². The molecule has 0 aliphatic heterocycles. The smallest absolute Gasteiger partial charge is 0.387 e. The van der Waals surface area contributed by atoms with E-state index in [0.717, 1.165) is 10.4 Å². The third-order valence-corrected chi connectivity index (χ3v) is 6.75. The van der Waals surface area contributed by atoms with Crippen LogP contribution in [-0.2, 0) is 16.6 Å². The fourth-order valence-electron chi connectivity index (χ4n) is 2.45. The summed E-state index contributed by atoms with van der Waals surface area (Å²) in [6.07, 6.45) is 0. The second-order valence-electron chi connectivity index (χ2n) is 6.11. The average molecular weight is 447 g/mol. The number of hydrogen-bond acceptors (Lipinski definition) is 5. The summed E-state index contributed by atoms with van der Waals surface area (Å²) in [4.78, 5) is 4.96. The third-order valence-electron chi connectivity index (χ3n) is 3.79. The molecule has 0 unspecified atom stereocenters. The molecule has 29 heavy (non-hydrogen) atoms. The Hall–Kier alpha value is -2.24. The van der Waals surface area contributed by atoms with Gasteiger partial charge in [0.25, 0.3) is 0 Å². The summed E-state index contributed by atoms with van der Waals surface area (Å²) >= 11 is 1.20. The molecule has 160 valence electrons. The Labute approximate surface area is 173 Å². The van der Waals surface area contributed by atoms with Crippen molar-refractivity contribution >= 4 is 27.3 Å². The fraction of sp³-hybridized carbons (Fsp3) is 0.389. The van der Waals surface area contributed by atoms with Crippen LogP contribution < -0.4 is 20.1 Å². The highest BCUT2D eigenvalue weighted by molar-refractivity contribution is 7.91. The Kier molecular flexibility index (Phi) is 8.35. The van der Waals surface area contributed by atoms with Gasteiger partial charge in [0.1, 0.15) is 9.96 Å². The lowest BCUT2D eigenvalue weighted by Gasteiger charge is -2.15. The van der Waals surface area contributed by atoms with E-state index in [9.17, 15) is 17.2 Å². The summed E-state index contributed by atoms with van der Waals surface area (Å²) in [6.45, 7) is 1.44. The highest BCUT2D eigenvalue weighted by atomic mass is 32.2. The molecule has 0 saturated carbocycles. The second kappa shape index (κ2) is 10.5. The maximum Gasteiger partial charge on any atom is 0.387 e. The minimum absolute atomic E-state index is 0.0903. The van der Waals surface area contributed by atoms with Crippen LogP contribution in [0.3, 0.4) is 0 Å². The number of halogens is 2. The van der Waals surface area contributed by atoms with Crippen molar-refractivity contribution in [1.82, 2.24) is 15.4 Å². The Morgan fingerprint density at radius 3 is 2.55 bits per heavy atom. The van der Waals surface area contributed by atoms with Crippen molar-refractivity contribution in [2.24, 2.45) is 4.99 Å². The lowest BCUT2D eigenvalue weighted by molar-refractivity contribution is -0.0504. The van der Waals surface area contributed by atoms with Gasteiger partial charge in [-0.05, 0) is 32.0 Å². The standard InChI is InChI=1S/C18H24F2N4O3S2/c1-12-4-6-15(27-17(19)20)14(10-12)11-23-18(21-3)22-8-9-24-29(25,26)16-7-5-13(2)28-16/h4-7,10,17,24H,8-9,11H2,1-3H3,(H2,21,22,23). The van der Waals surface area contributed by atoms with Crippen LogP contribution in [0.4, 0.5) is 8.78 Å². The molecule has 1 aromatic heterocycles. The van der Waals surface area contributed by atoms with Gasteiger partial charge in [-0.2, -0.15) is 8.78 Å². The molecular weight excluding hydrogens is 422 g/mol. The van der Waals surface area contributed by atoms with E-state index in [1.54, 1.807) is 31.3 Å². The Morgan fingerprint density at radius 2 is 1.93 bits per heavy atom. The van der Waals surface area contributed by atoms with Gasteiger partial charge in [0.15, 0.2) is 5.96 Å². The van der Waals surface area contributed by atoms with Crippen molar-refractivity contribution in [3.8, 4) is 5.75 Å². The molecule has 11 heteroatoms. The summed E-state index contributed by atoms with van der Waals surface area (Å²) in [5, 5.41) is 5.97. The normalized spacial score (nSPS) is 12.3. The van der Waals surface area contributed by atoms with E-state index >= 15 is 0 Å². The maximum atomic E-state index is 12.6. The first-order chi connectivity index (χ1) is 13.7. The molecule has 0 amide bonds. The molecule has 0 aliphatic carbocycles. The highest BCUT2D eigenvalue weighted by Gasteiger charge is 2.15. The largest absolute Gasteiger partial charge is 0.434 e. The molecule has 0 aliphatic rings. The quantitative estimate of drug-likeness (QED) is 0.313. The number of sulfonamides is 1. The molecule has 2 rings (SSSR count). The van der Waals surface area contributed by atoms with E-state index in [4.69, 9.17) is 0 Å². The summed E-state index contributed by atoms with van der Waals surface area (Å²) in [5.41, 5.74) is 1.46. The van der Waals surface area contributed by atoms with Crippen LogP contribution in [-0.4, -0.2) is 41.1 Å².